The molecule has 0 aromatic heterocycles. The molecule has 9 N–H and O–H groups in total. The first-order valence-electron chi connectivity index (χ1n) is 26.4. The first-order valence-corrected chi connectivity index (χ1v) is 26.4. The Morgan fingerprint density at radius 1 is 0.833 bits per heavy atom. The van der Waals surface area contributed by atoms with E-state index in [-0.39, 0.29) is 37.4 Å². The lowest BCUT2D eigenvalue weighted by Gasteiger charge is -2.34. The molecular formula is C55H79N7O16. The lowest BCUT2D eigenvalue weighted by atomic mass is 9.93. The number of carbonyl (C=O) groups excluding carboxylic acids is 9. The number of ether oxygens (including phenoxy) is 4. The number of carbonyl (C=O) groups is 9. The third-order valence-corrected chi connectivity index (χ3v) is 13.9. The normalized spacial score (nSPS) is 27.6. The van der Waals surface area contributed by atoms with E-state index in [2.05, 4.69) is 31.9 Å². The molecule has 1 saturated heterocycles. The average molecular weight is 1090 g/mol. The number of cyclic esters (lactones) is 1. The van der Waals surface area contributed by atoms with E-state index in [0.29, 0.717) is 12.0 Å². The molecule has 23 heteroatoms. The highest BCUT2D eigenvalue weighted by molar-refractivity contribution is 5.98. The van der Waals surface area contributed by atoms with Gasteiger partial charge in [0.05, 0.1) is 24.7 Å². The summed E-state index contributed by atoms with van der Waals surface area (Å²) in [5, 5.41) is 49.0. The van der Waals surface area contributed by atoms with E-state index in [4.69, 9.17) is 18.9 Å². The Hall–Kier alpha value is -6.95. The van der Waals surface area contributed by atoms with E-state index in [1.165, 1.54) is 59.0 Å². The molecule has 5 rings (SSSR count). The first-order chi connectivity index (χ1) is 36.8. The number of nitrogens with one attached hydrogen (secondary N) is 6. The molecule has 3 aliphatic rings. The van der Waals surface area contributed by atoms with Gasteiger partial charge in [-0.25, -0.2) is 4.79 Å². The first kappa shape index (κ1) is 63.6. The van der Waals surface area contributed by atoms with Gasteiger partial charge in [0.2, 0.25) is 41.4 Å². The van der Waals surface area contributed by atoms with Crippen molar-refractivity contribution in [3.05, 3.63) is 77.9 Å². The summed E-state index contributed by atoms with van der Waals surface area (Å²) < 4.78 is 23.1. The van der Waals surface area contributed by atoms with E-state index in [1.807, 2.05) is 6.92 Å². The second kappa shape index (κ2) is 29.7. The number of amides is 7. The maximum Gasteiger partial charge on any atom is 0.332 e. The SMILES string of the molecule is CCCCOC[C@@]1(O)/C=C/C(=O)NCC(=O)OC[C@@H]2NC(=O)[C@@H]([C@@H](C)O)NC(=O)[C@H](Cc3ccccc3)N(C)C(=O)C(NC(=O)[C@@H]([C@@H](C)CC)NC(=O)[C@@H](NC(=O)[C@H](C)[C@H](O)C(C)C)[C@@H](C)OC2=O)c2ccc(cc2)O[C@@H]1C. The van der Waals surface area contributed by atoms with Crippen LogP contribution in [-0.4, -0.2) is 167 Å². The van der Waals surface area contributed by atoms with Crippen LogP contribution in [0, 0.1) is 17.8 Å². The summed E-state index contributed by atoms with van der Waals surface area (Å²) in [5.41, 5.74) is -1.25. The number of likely N-dealkylation sites (N-methyl/N-ethyl adjacent to an activating group) is 1. The number of unbranched alkanes of at least 4 members (excludes halogenated alkanes) is 1. The van der Waals surface area contributed by atoms with E-state index < -0.39 is 150 Å². The number of fused-ring (bicyclic) bond motifs is 11. The van der Waals surface area contributed by atoms with Crippen LogP contribution in [0.1, 0.15) is 98.7 Å². The summed E-state index contributed by atoms with van der Waals surface area (Å²) in [7, 11) is 1.30. The van der Waals surface area contributed by atoms with Gasteiger partial charge in [-0.3, -0.25) is 38.4 Å². The monoisotopic (exact) mass is 1090 g/mol. The van der Waals surface area contributed by atoms with Gasteiger partial charge in [-0.2, -0.15) is 0 Å². The van der Waals surface area contributed by atoms with Crippen molar-refractivity contribution in [1.82, 2.24) is 36.8 Å². The molecule has 0 saturated carbocycles. The molecule has 23 nitrogen and oxygen atoms in total. The third kappa shape index (κ3) is 17.8. The van der Waals surface area contributed by atoms with Crippen molar-refractivity contribution in [3.63, 3.8) is 0 Å². The number of hydrogen-bond acceptors (Lipinski definition) is 16. The molecule has 2 aromatic rings. The van der Waals surface area contributed by atoms with Gasteiger partial charge in [-0.1, -0.05) is 96.8 Å². The zero-order chi connectivity index (χ0) is 58.0. The lowest BCUT2D eigenvalue weighted by molar-refractivity contribution is -0.160. The maximum atomic E-state index is 15.3. The molecule has 7 amide bonds. The van der Waals surface area contributed by atoms with Gasteiger partial charge >= 0.3 is 11.9 Å². The molecule has 0 radical (unpaired) electrons. The van der Waals surface area contributed by atoms with Gasteiger partial charge in [0.1, 0.15) is 66.9 Å². The van der Waals surface area contributed by atoms with Gasteiger partial charge in [0.15, 0.2) is 6.04 Å². The molecule has 1 fully saturated rings. The molecule has 0 aliphatic carbocycles. The number of benzene rings is 2. The minimum Gasteiger partial charge on any atom is -0.487 e. The molecule has 0 spiro atoms. The fourth-order valence-electron chi connectivity index (χ4n) is 8.39. The molecule has 3 aliphatic heterocycles. The number of aliphatic hydroxyl groups excluding tert-OH is 2. The van der Waals surface area contributed by atoms with Gasteiger partial charge in [0.25, 0.3) is 0 Å². The van der Waals surface area contributed by atoms with Crippen LogP contribution in [0.4, 0.5) is 0 Å². The Kier molecular flexibility index (Phi) is 24.2. The third-order valence-electron chi connectivity index (χ3n) is 13.9. The lowest BCUT2D eigenvalue weighted by Crippen LogP contribution is -2.61. The number of esters is 2. The van der Waals surface area contributed by atoms with Crippen LogP contribution < -0.4 is 36.6 Å². The summed E-state index contributed by atoms with van der Waals surface area (Å²) in [6.45, 7) is 12.1. The standard InChI is InChI=1S/C55H79N7O16/c1-11-13-25-75-29-55(74)24-23-41(64)56-27-42(65)76-28-39-54(73)77-34(8)45(60-48(67)32(6)47(66)30(3)4)52(71)58-43(31(5)12-2)50(69)61-46(37-19-21-38(22-20-37)78-35(55)9)53(72)62(10)40(26-36-17-15-14-16-18-36)49(68)59-44(33(7)63)51(70)57-39/h14-24,30-35,39-40,43-47,63,66,74H,11-13,25-29H2,1-10H3,(H,56,64)(H,57,70)(H,58,71)(H,59,68)(H,60,67)(H,61,69)/b24-23+/t31-,32+,33+,34+,35+,39-,40-,43+,44+,45-,46?,47+,55-/m0/s1. The molecule has 4 bridgehead atoms. The summed E-state index contributed by atoms with van der Waals surface area (Å²) in [4.78, 5) is 129. The maximum absolute atomic E-state index is 15.3. The Morgan fingerprint density at radius 3 is 2.09 bits per heavy atom. The largest absolute Gasteiger partial charge is 0.487 e. The fraction of sp³-hybridized carbons (Fsp3) is 0.582. The van der Waals surface area contributed by atoms with Crippen LogP contribution in [0.25, 0.3) is 0 Å². The van der Waals surface area contributed by atoms with Crippen molar-refractivity contribution in [1.29, 1.82) is 0 Å². The second-order valence-corrected chi connectivity index (χ2v) is 20.4. The predicted molar refractivity (Wildman–Crippen MR) is 282 cm³/mol. The summed E-state index contributed by atoms with van der Waals surface area (Å²) in [6.07, 6.45) is -2.00. The van der Waals surface area contributed by atoms with Gasteiger partial charge in [-0.05, 0) is 68.4 Å². The summed E-state index contributed by atoms with van der Waals surface area (Å²) >= 11 is 0. The second-order valence-electron chi connectivity index (χ2n) is 20.4. The number of rotatable bonds is 14. The highest BCUT2D eigenvalue weighted by atomic mass is 16.6. The van der Waals surface area contributed by atoms with Gasteiger partial charge in [-0.15, -0.1) is 0 Å². The Bertz CT molecular complexity index is 2420. The van der Waals surface area contributed by atoms with Crippen LogP contribution >= 0.6 is 0 Å². The molecule has 13 atom stereocenters. The zero-order valence-corrected chi connectivity index (χ0v) is 46.1. The van der Waals surface area contributed by atoms with Crippen molar-refractivity contribution in [3.8, 4) is 5.75 Å². The molecule has 3 heterocycles. The fourth-order valence-corrected chi connectivity index (χ4v) is 8.39. The van der Waals surface area contributed by atoms with E-state index in [1.54, 1.807) is 58.0 Å². The topological polar surface area (TPSA) is 327 Å². The summed E-state index contributed by atoms with van der Waals surface area (Å²) in [6, 6.07) is 4.14. The quantitative estimate of drug-likeness (QED) is 0.0915. The number of hydrogen-bond donors (Lipinski definition) is 9. The van der Waals surface area contributed by atoms with Crippen molar-refractivity contribution in [2.45, 2.75) is 154 Å². The predicted octanol–water partition coefficient (Wildman–Crippen LogP) is 0.422. The Morgan fingerprint density at radius 2 is 1.47 bits per heavy atom. The average Bonchev–Trinajstić information content (AvgIpc) is 3.42. The number of nitrogens with zero attached hydrogens (tertiary/aromatic N) is 1. The van der Waals surface area contributed by atoms with Crippen LogP contribution in [0.15, 0.2) is 66.7 Å². The Balaban J connectivity index is 2.02. The molecule has 78 heavy (non-hydrogen) atoms. The van der Waals surface area contributed by atoms with Crippen molar-refractivity contribution >= 4 is 53.3 Å². The zero-order valence-electron chi connectivity index (χ0n) is 46.1. The highest BCUT2D eigenvalue weighted by Gasteiger charge is 2.42. The van der Waals surface area contributed by atoms with Gasteiger partial charge < -0.3 is 71.1 Å². The van der Waals surface area contributed by atoms with E-state index >= 15 is 4.79 Å². The summed E-state index contributed by atoms with van der Waals surface area (Å²) in [5.74, 6) is -11.3. The molecule has 1 unspecified atom stereocenters. The Labute approximate surface area is 455 Å². The minimum atomic E-state index is -1.98. The van der Waals surface area contributed by atoms with Crippen LogP contribution in [0.5, 0.6) is 5.75 Å². The highest BCUT2D eigenvalue weighted by Crippen LogP contribution is 2.26. The van der Waals surface area contributed by atoms with Crippen LogP contribution in [-0.2, 0) is 63.8 Å². The van der Waals surface area contributed by atoms with E-state index in [9.17, 15) is 53.7 Å². The van der Waals surface area contributed by atoms with Gasteiger partial charge in [0, 0.05) is 26.2 Å². The number of aliphatic hydroxyl groups is 3. The van der Waals surface area contributed by atoms with Crippen molar-refractivity contribution < 1.29 is 77.4 Å². The smallest absolute Gasteiger partial charge is 0.332 e. The van der Waals surface area contributed by atoms with Crippen LogP contribution in [0.2, 0.25) is 0 Å². The molecule has 2 aromatic carbocycles. The van der Waals surface area contributed by atoms with E-state index in [0.717, 1.165) is 23.5 Å². The molecule has 430 valence electrons. The molecular weight excluding hydrogens is 1010 g/mol. The van der Waals surface area contributed by atoms with Crippen molar-refractivity contribution in [2.24, 2.45) is 17.8 Å². The van der Waals surface area contributed by atoms with Crippen molar-refractivity contribution in [2.75, 3.05) is 33.4 Å². The minimum absolute atomic E-state index is 0.145. The van der Waals surface area contributed by atoms with Crippen LogP contribution in [0.3, 0.4) is 0 Å².